The zero-order valence-electron chi connectivity index (χ0n) is 16.3. The van der Waals surface area contributed by atoms with Crippen molar-refractivity contribution in [3.63, 3.8) is 0 Å². The van der Waals surface area contributed by atoms with Gasteiger partial charge in [0.05, 0.1) is 11.4 Å². The smallest absolute Gasteiger partial charge is 0.255 e. The van der Waals surface area contributed by atoms with Gasteiger partial charge in [-0.05, 0) is 60.2 Å². The van der Waals surface area contributed by atoms with E-state index in [9.17, 15) is 18.8 Å². The quantitative estimate of drug-likeness (QED) is 0.564. The average Bonchev–Trinajstić information content (AvgIpc) is 2.77. The van der Waals surface area contributed by atoms with E-state index in [0.717, 1.165) is 10.5 Å². The summed E-state index contributed by atoms with van der Waals surface area (Å²) in [7, 11) is 0. The third kappa shape index (κ3) is 5.10. The Morgan fingerprint density at radius 2 is 1.74 bits per heavy atom. The Hall–Kier alpha value is -3.65. The Kier molecular flexibility index (Phi) is 5.99. The third-order valence-electron chi connectivity index (χ3n) is 4.62. The van der Waals surface area contributed by atoms with Crippen LogP contribution in [0, 0.1) is 5.82 Å². The van der Waals surface area contributed by atoms with Crippen LogP contribution in [-0.2, 0) is 11.3 Å². The number of carbonyl (C=O) groups excluding carboxylic acids is 3. The first kappa shape index (κ1) is 20.6. The van der Waals surface area contributed by atoms with Crippen LogP contribution in [0.25, 0.3) is 0 Å². The first-order chi connectivity index (χ1) is 15.0. The second kappa shape index (κ2) is 9.01. The van der Waals surface area contributed by atoms with E-state index in [2.05, 4.69) is 16.0 Å². The first-order valence-corrected chi connectivity index (χ1v) is 10.5. The van der Waals surface area contributed by atoms with Crippen molar-refractivity contribution in [2.75, 3.05) is 16.4 Å². The topological polar surface area (TPSA) is 87.3 Å². The summed E-state index contributed by atoms with van der Waals surface area (Å²) in [4.78, 5) is 37.3. The lowest BCUT2D eigenvalue weighted by Crippen LogP contribution is -2.24. The van der Waals surface area contributed by atoms with Crippen molar-refractivity contribution < 1.29 is 18.8 Å². The van der Waals surface area contributed by atoms with Gasteiger partial charge in [0, 0.05) is 28.3 Å². The summed E-state index contributed by atoms with van der Waals surface area (Å²) in [5, 5.41) is 8.37. The number of hydrogen-bond donors (Lipinski definition) is 3. The van der Waals surface area contributed by atoms with Gasteiger partial charge in [0.15, 0.2) is 0 Å². The van der Waals surface area contributed by atoms with Crippen LogP contribution in [0.3, 0.4) is 0 Å². The zero-order valence-corrected chi connectivity index (χ0v) is 17.1. The molecule has 6 nitrogen and oxygen atoms in total. The number of hydrogen-bond acceptors (Lipinski definition) is 4. The minimum Gasteiger partial charge on any atom is -0.348 e. The highest BCUT2D eigenvalue weighted by Gasteiger charge is 2.17. The molecule has 3 aromatic rings. The lowest BCUT2D eigenvalue weighted by Gasteiger charge is -2.17. The van der Waals surface area contributed by atoms with Gasteiger partial charge in [-0.1, -0.05) is 12.1 Å². The molecule has 0 radical (unpaired) electrons. The molecule has 0 unspecified atom stereocenters. The summed E-state index contributed by atoms with van der Waals surface area (Å²) in [5.74, 6) is -0.750. The number of carbonyl (C=O) groups is 3. The van der Waals surface area contributed by atoms with Crippen LogP contribution in [0.15, 0.2) is 71.6 Å². The monoisotopic (exact) mass is 435 g/mol. The molecule has 0 aromatic heterocycles. The largest absolute Gasteiger partial charge is 0.348 e. The van der Waals surface area contributed by atoms with E-state index in [0.29, 0.717) is 28.3 Å². The lowest BCUT2D eigenvalue weighted by atomic mass is 10.1. The molecule has 0 fully saturated rings. The van der Waals surface area contributed by atoms with Crippen molar-refractivity contribution in [1.82, 2.24) is 5.32 Å². The number of anilines is 2. The molecule has 156 valence electrons. The second-order valence-electron chi connectivity index (χ2n) is 6.89. The Labute approximate surface area is 182 Å². The molecule has 3 amide bonds. The Bertz CT molecular complexity index is 1160. The second-order valence-corrected chi connectivity index (χ2v) is 7.91. The fourth-order valence-corrected chi connectivity index (χ4v) is 3.86. The molecule has 0 spiro atoms. The van der Waals surface area contributed by atoms with Gasteiger partial charge in [0.25, 0.3) is 11.8 Å². The summed E-state index contributed by atoms with van der Waals surface area (Å²) in [6, 6.07) is 17.6. The van der Waals surface area contributed by atoms with Crippen molar-refractivity contribution >= 4 is 40.9 Å². The number of fused-ring (bicyclic) bond motifs is 1. The van der Waals surface area contributed by atoms with Crippen LogP contribution < -0.4 is 16.0 Å². The summed E-state index contributed by atoms with van der Waals surface area (Å²) >= 11 is 1.44. The number of rotatable bonds is 5. The summed E-state index contributed by atoms with van der Waals surface area (Å²) in [6.45, 7) is 0.261. The SMILES string of the molecule is O=C1CSc2ccc(C(=O)NCc3cccc(NC(=O)c4ccc(F)cc4)c3)cc2N1. The van der Waals surface area contributed by atoms with Crippen molar-refractivity contribution in [3.8, 4) is 0 Å². The van der Waals surface area contributed by atoms with Crippen LogP contribution in [0.2, 0.25) is 0 Å². The molecule has 0 bridgehead atoms. The van der Waals surface area contributed by atoms with Gasteiger partial charge in [-0.15, -0.1) is 11.8 Å². The predicted molar refractivity (Wildman–Crippen MR) is 118 cm³/mol. The van der Waals surface area contributed by atoms with Gasteiger partial charge < -0.3 is 16.0 Å². The molecule has 0 saturated heterocycles. The Morgan fingerprint density at radius 3 is 2.55 bits per heavy atom. The molecule has 1 aliphatic heterocycles. The van der Waals surface area contributed by atoms with E-state index in [4.69, 9.17) is 0 Å². The number of halogens is 1. The van der Waals surface area contributed by atoms with Gasteiger partial charge in [-0.2, -0.15) is 0 Å². The molecule has 3 N–H and O–H groups in total. The summed E-state index contributed by atoms with van der Waals surface area (Å²) in [5.41, 5.74) is 2.79. The molecular weight excluding hydrogens is 417 g/mol. The van der Waals surface area contributed by atoms with E-state index < -0.39 is 5.82 Å². The fraction of sp³-hybridized carbons (Fsp3) is 0.0870. The predicted octanol–water partition coefficient (Wildman–Crippen LogP) is 4.05. The van der Waals surface area contributed by atoms with Gasteiger partial charge in [0.2, 0.25) is 5.91 Å². The van der Waals surface area contributed by atoms with Crippen LogP contribution in [0.1, 0.15) is 26.3 Å². The molecule has 0 atom stereocenters. The van der Waals surface area contributed by atoms with Crippen molar-refractivity contribution in [3.05, 3.63) is 89.2 Å². The minimum atomic E-state index is -0.408. The van der Waals surface area contributed by atoms with Gasteiger partial charge in [-0.3, -0.25) is 14.4 Å². The number of nitrogens with one attached hydrogen (secondary N) is 3. The molecule has 0 saturated carbocycles. The highest BCUT2D eigenvalue weighted by atomic mass is 32.2. The van der Waals surface area contributed by atoms with Crippen LogP contribution in [0.5, 0.6) is 0 Å². The maximum Gasteiger partial charge on any atom is 0.255 e. The molecular formula is C23H18FN3O3S. The minimum absolute atomic E-state index is 0.0884. The van der Waals surface area contributed by atoms with Crippen LogP contribution in [0.4, 0.5) is 15.8 Å². The molecule has 0 aliphatic carbocycles. The number of amides is 3. The van der Waals surface area contributed by atoms with Gasteiger partial charge in [-0.25, -0.2) is 4.39 Å². The van der Waals surface area contributed by atoms with E-state index in [1.54, 1.807) is 30.3 Å². The van der Waals surface area contributed by atoms with E-state index in [1.165, 1.54) is 36.0 Å². The van der Waals surface area contributed by atoms with E-state index in [1.807, 2.05) is 12.1 Å². The molecule has 8 heteroatoms. The van der Waals surface area contributed by atoms with Gasteiger partial charge >= 0.3 is 0 Å². The number of benzene rings is 3. The third-order valence-corrected chi connectivity index (χ3v) is 5.69. The fourth-order valence-electron chi connectivity index (χ4n) is 3.07. The van der Waals surface area contributed by atoms with Crippen molar-refractivity contribution in [1.29, 1.82) is 0 Å². The standard InChI is InChI=1S/C23H18FN3O3S/c24-17-7-4-15(5-8-17)23(30)26-18-3-1-2-14(10-18)12-25-22(29)16-6-9-20-19(11-16)27-21(28)13-31-20/h1-11H,12-13H2,(H,25,29)(H,26,30)(H,27,28). The molecule has 1 aliphatic rings. The zero-order chi connectivity index (χ0) is 21.8. The maximum atomic E-state index is 13.0. The molecule has 3 aromatic carbocycles. The highest BCUT2D eigenvalue weighted by molar-refractivity contribution is 8.00. The first-order valence-electron chi connectivity index (χ1n) is 9.49. The summed E-state index contributed by atoms with van der Waals surface area (Å²) in [6.07, 6.45) is 0. The maximum absolute atomic E-state index is 13.0. The van der Waals surface area contributed by atoms with E-state index in [-0.39, 0.29) is 24.3 Å². The van der Waals surface area contributed by atoms with Crippen LogP contribution >= 0.6 is 11.8 Å². The Balaban J connectivity index is 1.38. The van der Waals surface area contributed by atoms with Gasteiger partial charge in [0.1, 0.15) is 5.82 Å². The van der Waals surface area contributed by atoms with Crippen molar-refractivity contribution in [2.45, 2.75) is 11.4 Å². The lowest BCUT2D eigenvalue weighted by molar-refractivity contribution is -0.113. The molecule has 4 rings (SSSR count). The van der Waals surface area contributed by atoms with Crippen molar-refractivity contribution in [2.24, 2.45) is 0 Å². The normalized spacial score (nSPS) is 12.5. The molecule has 1 heterocycles. The number of thioether (sulfide) groups is 1. The summed E-state index contributed by atoms with van der Waals surface area (Å²) < 4.78 is 13.0. The van der Waals surface area contributed by atoms with E-state index >= 15 is 0 Å². The highest BCUT2D eigenvalue weighted by Crippen LogP contribution is 2.31. The van der Waals surface area contributed by atoms with Crippen LogP contribution in [-0.4, -0.2) is 23.5 Å². The Morgan fingerprint density at radius 1 is 0.968 bits per heavy atom. The molecule has 31 heavy (non-hydrogen) atoms. The average molecular weight is 435 g/mol.